The lowest BCUT2D eigenvalue weighted by molar-refractivity contribution is -0.194. The van der Waals surface area contributed by atoms with Crippen LogP contribution in [0.3, 0.4) is 0 Å². The van der Waals surface area contributed by atoms with Crippen molar-refractivity contribution in [2.45, 2.75) is 25.6 Å². The summed E-state index contributed by atoms with van der Waals surface area (Å²) in [6, 6.07) is 9.69. The maximum absolute atomic E-state index is 6.26. The fraction of sp³-hybridized carbons (Fsp3) is 0.429. The summed E-state index contributed by atoms with van der Waals surface area (Å²) in [6.07, 6.45) is 0. The lowest BCUT2D eigenvalue weighted by Crippen LogP contribution is -2.47. The fourth-order valence-electron chi connectivity index (χ4n) is 3.90. The standard InChI is InChI=1S/C21H24O6/c1-12-20(14-8-13(22-3)6-7-16(14)23-4)15-9-18-19(26-11-25-18)10-17(15)27-21(12,2)24-5/h6-10,12,20H,11H2,1-5H3/t12-,20+,21+/m0/s1. The lowest BCUT2D eigenvalue weighted by atomic mass is 9.75. The van der Waals surface area contributed by atoms with E-state index < -0.39 is 5.79 Å². The summed E-state index contributed by atoms with van der Waals surface area (Å²) in [4.78, 5) is 0. The molecule has 6 heteroatoms. The number of rotatable bonds is 4. The van der Waals surface area contributed by atoms with Gasteiger partial charge in [0.2, 0.25) is 12.6 Å². The topological polar surface area (TPSA) is 55.4 Å². The average Bonchev–Trinajstić information content (AvgIpc) is 3.14. The highest BCUT2D eigenvalue weighted by molar-refractivity contribution is 5.58. The molecule has 2 aliphatic rings. The molecule has 3 atom stereocenters. The van der Waals surface area contributed by atoms with Gasteiger partial charge in [-0.25, -0.2) is 0 Å². The third-order valence-electron chi connectivity index (χ3n) is 5.66. The van der Waals surface area contributed by atoms with E-state index in [0.717, 1.165) is 34.1 Å². The molecule has 0 radical (unpaired) electrons. The van der Waals surface area contributed by atoms with Crippen LogP contribution < -0.4 is 23.7 Å². The van der Waals surface area contributed by atoms with Gasteiger partial charge in [0, 0.05) is 43.1 Å². The highest BCUT2D eigenvalue weighted by atomic mass is 16.7. The Labute approximate surface area is 158 Å². The van der Waals surface area contributed by atoms with Crippen molar-refractivity contribution in [3.63, 3.8) is 0 Å². The van der Waals surface area contributed by atoms with Gasteiger partial charge in [0.05, 0.1) is 14.2 Å². The van der Waals surface area contributed by atoms with E-state index in [9.17, 15) is 0 Å². The van der Waals surface area contributed by atoms with Crippen molar-refractivity contribution >= 4 is 0 Å². The van der Waals surface area contributed by atoms with E-state index in [2.05, 4.69) is 6.92 Å². The quantitative estimate of drug-likeness (QED) is 0.810. The fourth-order valence-corrected chi connectivity index (χ4v) is 3.90. The van der Waals surface area contributed by atoms with Crippen LogP contribution in [0.4, 0.5) is 0 Å². The molecule has 2 heterocycles. The summed E-state index contributed by atoms with van der Waals surface area (Å²) >= 11 is 0. The molecule has 6 nitrogen and oxygen atoms in total. The van der Waals surface area contributed by atoms with Gasteiger partial charge in [-0.1, -0.05) is 6.92 Å². The molecular weight excluding hydrogens is 348 g/mol. The molecule has 0 spiro atoms. The van der Waals surface area contributed by atoms with Crippen LogP contribution in [0.5, 0.6) is 28.7 Å². The smallest absolute Gasteiger partial charge is 0.231 e. The zero-order valence-electron chi connectivity index (χ0n) is 16.2. The lowest BCUT2D eigenvalue weighted by Gasteiger charge is -2.44. The molecule has 144 valence electrons. The molecule has 27 heavy (non-hydrogen) atoms. The minimum Gasteiger partial charge on any atom is -0.497 e. The second kappa shape index (κ2) is 6.53. The number of hydrogen-bond donors (Lipinski definition) is 0. The van der Waals surface area contributed by atoms with Crippen molar-refractivity contribution < 1.29 is 28.4 Å². The second-order valence-electron chi connectivity index (χ2n) is 6.94. The van der Waals surface area contributed by atoms with E-state index in [-0.39, 0.29) is 18.6 Å². The summed E-state index contributed by atoms with van der Waals surface area (Å²) in [7, 11) is 4.99. The van der Waals surface area contributed by atoms with Gasteiger partial charge in [-0.2, -0.15) is 0 Å². The normalized spacial score (nSPS) is 25.5. The molecule has 0 aromatic heterocycles. The van der Waals surface area contributed by atoms with E-state index in [0.29, 0.717) is 5.75 Å². The number of methoxy groups -OCH3 is 3. The Morgan fingerprint density at radius 1 is 0.926 bits per heavy atom. The van der Waals surface area contributed by atoms with Crippen molar-refractivity contribution in [1.82, 2.24) is 0 Å². The molecule has 2 aliphatic heterocycles. The Morgan fingerprint density at radius 3 is 2.33 bits per heavy atom. The highest BCUT2D eigenvalue weighted by Crippen LogP contribution is 2.53. The van der Waals surface area contributed by atoms with Gasteiger partial charge in [-0.3, -0.25) is 0 Å². The zero-order valence-corrected chi connectivity index (χ0v) is 16.2. The third-order valence-corrected chi connectivity index (χ3v) is 5.66. The Balaban J connectivity index is 1.94. The van der Waals surface area contributed by atoms with Crippen LogP contribution >= 0.6 is 0 Å². The van der Waals surface area contributed by atoms with Gasteiger partial charge in [-0.15, -0.1) is 0 Å². The number of benzene rings is 2. The van der Waals surface area contributed by atoms with Crippen molar-refractivity contribution in [3.8, 4) is 28.7 Å². The molecule has 0 fully saturated rings. The second-order valence-corrected chi connectivity index (χ2v) is 6.94. The predicted octanol–water partition coefficient (Wildman–Crippen LogP) is 3.96. The van der Waals surface area contributed by atoms with Crippen LogP contribution in [0.25, 0.3) is 0 Å². The van der Waals surface area contributed by atoms with Crippen LogP contribution in [0, 0.1) is 5.92 Å². The monoisotopic (exact) mass is 372 g/mol. The zero-order chi connectivity index (χ0) is 19.2. The molecule has 0 bridgehead atoms. The minimum absolute atomic E-state index is 0.00335. The van der Waals surface area contributed by atoms with Crippen LogP contribution in [0.15, 0.2) is 30.3 Å². The van der Waals surface area contributed by atoms with Crippen LogP contribution in [0.2, 0.25) is 0 Å². The van der Waals surface area contributed by atoms with Gasteiger partial charge < -0.3 is 28.4 Å². The average molecular weight is 372 g/mol. The Morgan fingerprint density at radius 2 is 1.67 bits per heavy atom. The van der Waals surface area contributed by atoms with E-state index >= 15 is 0 Å². The molecule has 0 unspecified atom stereocenters. The van der Waals surface area contributed by atoms with E-state index in [4.69, 9.17) is 28.4 Å². The predicted molar refractivity (Wildman–Crippen MR) is 99.2 cm³/mol. The van der Waals surface area contributed by atoms with E-state index in [1.807, 2.05) is 37.3 Å². The number of fused-ring (bicyclic) bond motifs is 2. The Bertz CT molecular complexity index is 864. The van der Waals surface area contributed by atoms with Crippen LogP contribution in [0.1, 0.15) is 30.9 Å². The summed E-state index contributed by atoms with van der Waals surface area (Å²) in [5.41, 5.74) is 2.02. The molecule has 0 N–H and O–H groups in total. The van der Waals surface area contributed by atoms with E-state index in [1.165, 1.54) is 0 Å². The van der Waals surface area contributed by atoms with Gasteiger partial charge in [0.15, 0.2) is 11.5 Å². The SMILES string of the molecule is COc1ccc(OC)c([C@@H]2c3cc4c(cc3O[C@@](C)(OC)[C@H]2C)OCO4)c1. The third kappa shape index (κ3) is 2.75. The molecule has 4 rings (SSSR count). The minimum atomic E-state index is -0.806. The summed E-state index contributed by atoms with van der Waals surface area (Å²) in [6.45, 7) is 4.27. The van der Waals surface area contributed by atoms with Gasteiger partial charge in [0.1, 0.15) is 17.2 Å². The Hall–Kier alpha value is -2.60. The molecule has 0 saturated heterocycles. The summed E-state index contributed by atoms with van der Waals surface area (Å²) in [5.74, 6) is 2.82. The van der Waals surface area contributed by atoms with Crippen LogP contribution in [-0.2, 0) is 4.74 Å². The molecular formula is C21H24O6. The first-order valence-corrected chi connectivity index (χ1v) is 8.90. The highest BCUT2D eigenvalue weighted by Gasteiger charge is 2.47. The van der Waals surface area contributed by atoms with E-state index in [1.54, 1.807) is 21.3 Å². The molecule has 0 amide bonds. The summed E-state index contributed by atoms with van der Waals surface area (Å²) in [5, 5.41) is 0. The number of ether oxygens (including phenoxy) is 6. The van der Waals surface area contributed by atoms with Crippen molar-refractivity contribution in [1.29, 1.82) is 0 Å². The largest absolute Gasteiger partial charge is 0.497 e. The Kier molecular flexibility index (Phi) is 4.30. The van der Waals surface area contributed by atoms with Crippen molar-refractivity contribution in [2.75, 3.05) is 28.1 Å². The first-order chi connectivity index (χ1) is 13.0. The first kappa shape index (κ1) is 17.8. The molecule has 2 aromatic rings. The molecule has 2 aromatic carbocycles. The summed E-state index contributed by atoms with van der Waals surface area (Å²) < 4.78 is 34.3. The maximum atomic E-state index is 6.26. The molecule has 0 saturated carbocycles. The number of hydrogen-bond acceptors (Lipinski definition) is 6. The molecule has 0 aliphatic carbocycles. The van der Waals surface area contributed by atoms with Crippen LogP contribution in [-0.4, -0.2) is 33.9 Å². The van der Waals surface area contributed by atoms with Gasteiger partial charge >= 0.3 is 0 Å². The maximum Gasteiger partial charge on any atom is 0.231 e. The van der Waals surface area contributed by atoms with Crippen molar-refractivity contribution in [2.24, 2.45) is 5.92 Å². The van der Waals surface area contributed by atoms with Crippen molar-refractivity contribution in [3.05, 3.63) is 41.5 Å². The van der Waals surface area contributed by atoms with Gasteiger partial charge in [-0.05, 0) is 24.3 Å². The first-order valence-electron chi connectivity index (χ1n) is 8.90. The van der Waals surface area contributed by atoms with Gasteiger partial charge in [0.25, 0.3) is 0 Å².